The van der Waals surface area contributed by atoms with Crippen molar-refractivity contribution in [1.82, 2.24) is 4.90 Å². The maximum Gasteiger partial charge on any atom is 0.233 e. The number of aromatic hydroxyl groups is 1. The van der Waals surface area contributed by atoms with E-state index in [2.05, 4.69) is 13.0 Å². The first-order valence-electron chi connectivity index (χ1n) is 12.7. The molecule has 2 amide bonds. The van der Waals surface area contributed by atoms with E-state index in [1.165, 1.54) is 10.5 Å². The molecular weight excluding hydrogens is 446 g/mol. The number of hydrogen-bond donors (Lipinski definition) is 3. The molecular formula is C28H39NO6. The van der Waals surface area contributed by atoms with E-state index < -0.39 is 23.9 Å². The van der Waals surface area contributed by atoms with E-state index in [-0.39, 0.29) is 30.8 Å². The van der Waals surface area contributed by atoms with Crippen LogP contribution in [0.5, 0.6) is 5.75 Å². The minimum absolute atomic E-state index is 0.176. The number of nitrogens with zero attached hydrogens (tertiary/aromatic N) is 1. The fourth-order valence-electron chi connectivity index (χ4n) is 5.65. The molecule has 1 aromatic rings. The van der Waals surface area contributed by atoms with Crippen LogP contribution in [0.15, 0.2) is 41.0 Å². The maximum absolute atomic E-state index is 13.2. The van der Waals surface area contributed by atoms with Crippen molar-refractivity contribution in [3.05, 3.63) is 46.5 Å². The first kappa shape index (κ1) is 27.1. The number of likely N-dealkylation sites (tertiary alicyclic amines) is 1. The molecule has 3 rings (SSSR count). The lowest BCUT2D eigenvalue weighted by Crippen LogP contribution is -2.39. The summed E-state index contributed by atoms with van der Waals surface area (Å²) in [6.07, 6.45) is 5.24. The summed E-state index contributed by atoms with van der Waals surface area (Å²) in [7, 11) is 1.57. The van der Waals surface area contributed by atoms with Crippen molar-refractivity contribution in [2.45, 2.75) is 58.5 Å². The van der Waals surface area contributed by atoms with Gasteiger partial charge in [-0.1, -0.05) is 44.1 Å². The lowest BCUT2D eigenvalue weighted by molar-refractivity contribution is -0.140. The number of phenolic OH excluding ortho intramolecular Hbond substituents is 1. The molecule has 4 atom stereocenters. The number of ether oxygens (including phenoxy) is 1. The summed E-state index contributed by atoms with van der Waals surface area (Å²) in [5.74, 6) is -1.92. The zero-order valence-electron chi connectivity index (χ0n) is 21.1. The van der Waals surface area contributed by atoms with Gasteiger partial charge in [0, 0.05) is 19.6 Å². The third kappa shape index (κ3) is 6.02. The molecule has 1 aliphatic heterocycles. The summed E-state index contributed by atoms with van der Waals surface area (Å²) in [6, 6.07) is 7.01. The Morgan fingerprint density at radius 1 is 1.14 bits per heavy atom. The number of benzene rings is 1. The number of allylic oxidation sites excluding steroid dienone is 1. The van der Waals surface area contributed by atoms with Gasteiger partial charge in [0.2, 0.25) is 11.8 Å². The molecule has 1 aliphatic carbocycles. The number of carbonyl (C=O) groups excluding carboxylic acids is 2. The Morgan fingerprint density at radius 3 is 2.46 bits per heavy atom. The van der Waals surface area contributed by atoms with Crippen LogP contribution in [0.1, 0.15) is 57.9 Å². The Bertz CT molecular complexity index is 951. The van der Waals surface area contributed by atoms with Crippen LogP contribution in [0.2, 0.25) is 0 Å². The van der Waals surface area contributed by atoms with Crippen LogP contribution in [0, 0.1) is 17.8 Å². The number of aliphatic hydroxyl groups excluding tert-OH is 2. The van der Waals surface area contributed by atoms with Crippen molar-refractivity contribution in [2.24, 2.45) is 17.8 Å². The third-order valence-electron chi connectivity index (χ3n) is 7.17. The Hall–Kier alpha value is -2.48. The molecule has 192 valence electrons. The summed E-state index contributed by atoms with van der Waals surface area (Å²) >= 11 is 0. The molecule has 1 saturated heterocycles. The number of imide groups is 1. The van der Waals surface area contributed by atoms with E-state index in [1.54, 1.807) is 19.2 Å². The van der Waals surface area contributed by atoms with Crippen LogP contribution in [-0.4, -0.2) is 65.0 Å². The smallest absolute Gasteiger partial charge is 0.233 e. The fraction of sp³-hybridized carbons (Fsp3) is 0.571. The van der Waals surface area contributed by atoms with Crippen LogP contribution < -0.4 is 0 Å². The zero-order valence-corrected chi connectivity index (χ0v) is 21.1. The highest BCUT2D eigenvalue weighted by molar-refractivity contribution is 6.05. The summed E-state index contributed by atoms with van der Waals surface area (Å²) in [6.45, 7) is 4.36. The number of rotatable bonds is 12. The van der Waals surface area contributed by atoms with Crippen LogP contribution in [0.4, 0.5) is 0 Å². The van der Waals surface area contributed by atoms with E-state index in [1.807, 2.05) is 19.1 Å². The van der Waals surface area contributed by atoms with E-state index in [0.717, 1.165) is 24.0 Å². The highest BCUT2D eigenvalue weighted by Crippen LogP contribution is 2.46. The van der Waals surface area contributed by atoms with Gasteiger partial charge in [-0.05, 0) is 60.9 Å². The van der Waals surface area contributed by atoms with Crippen molar-refractivity contribution in [1.29, 1.82) is 0 Å². The standard InChI is InChI=1S/C28H39NO6/c1-4-6-18(14-19-7-10-21(31)11-8-19)9-12-24(32)25-20(17-35-3)15-22-26(23(25)16-30)28(34)29(13-5-2)27(22)33/h7-8,10-11,14,22-24,26,30-32H,4-6,9,12-13,15-17H2,1-3H3/b18-14+/t22-,23+,24-,26-/m1/s1. The molecule has 0 aromatic heterocycles. The average Bonchev–Trinajstić information content (AvgIpc) is 3.08. The lowest BCUT2D eigenvalue weighted by atomic mass is 9.68. The highest BCUT2D eigenvalue weighted by Gasteiger charge is 2.54. The summed E-state index contributed by atoms with van der Waals surface area (Å²) in [5, 5.41) is 31.2. The molecule has 7 heteroatoms. The number of phenols is 1. The van der Waals surface area contributed by atoms with Crippen molar-refractivity contribution in [3.8, 4) is 5.75 Å². The number of methoxy groups -OCH3 is 1. The predicted molar refractivity (Wildman–Crippen MR) is 134 cm³/mol. The first-order chi connectivity index (χ1) is 16.9. The molecule has 1 heterocycles. The SMILES string of the molecule is CCC/C(=C\c1ccc(O)cc1)CC[C@@H](O)C1=C(COC)C[C@H]2C(=O)N(CCC)C(=O)[C@H]2[C@H]1CO. The lowest BCUT2D eigenvalue weighted by Gasteiger charge is -2.36. The molecule has 0 spiro atoms. The summed E-state index contributed by atoms with van der Waals surface area (Å²) < 4.78 is 5.40. The second kappa shape index (κ2) is 12.5. The van der Waals surface area contributed by atoms with Crippen LogP contribution in [0.3, 0.4) is 0 Å². The normalized spacial score (nSPS) is 23.7. The molecule has 7 nitrogen and oxygen atoms in total. The van der Waals surface area contributed by atoms with Gasteiger partial charge in [0.05, 0.1) is 31.2 Å². The van der Waals surface area contributed by atoms with Crippen molar-refractivity contribution in [2.75, 3.05) is 26.9 Å². The number of carbonyl (C=O) groups is 2. The first-order valence-corrected chi connectivity index (χ1v) is 12.7. The molecule has 3 N–H and O–H groups in total. The molecule has 35 heavy (non-hydrogen) atoms. The Labute approximate surface area is 208 Å². The van der Waals surface area contributed by atoms with Gasteiger partial charge in [0.15, 0.2) is 0 Å². The van der Waals surface area contributed by atoms with E-state index in [9.17, 15) is 24.9 Å². The highest BCUT2D eigenvalue weighted by atomic mass is 16.5. The van der Waals surface area contributed by atoms with Crippen LogP contribution in [0.25, 0.3) is 6.08 Å². The largest absolute Gasteiger partial charge is 0.508 e. The van der Waals surface area contributed by atoms with Crippen molar-refractivity contribution in [3.63, 3.8) is 0 Å². The number of hydrogen-bond acceptors (Lipinski definition) is 6. The average molecular weight is 486 g/mol. The number of aliphatic hydroxyl groups is 2. The molecule has 1 aromatic carbocycles. The number of amides is 2. The Balaban J connectivity index is 1.85. The topological polar surface area (TPSA) is 107 Å². The van der Waals surface area contributed by atoms with Gasteiger partial charge in [-0.2, -0.15) is 0 Å². The Kier molecular flexibility index (Phi) is 9.66. The van der Waals surface area contributed by atoms with E-state index >= 15 is 0 Å². The Morgan fingerprint density at radius 2 is 1.86 bits per heavy atom. The summed E-state index contributed by atoms with van der Waals surface area (Å²) in [5.41, 5.74) is 3.65. The van der Waals surface area contributed by atoms with Crippen LogP contribution >= 0.6 is 0 Å². The number of fused-ring (bicyclic) bond motifs is 1. The van der Waals surface area contributed by atoms with Crippen molar-refractivity contribution >= 4 is 17.9 Å². The van der Waals surface area contributed by atoms with E-state index in [4.69, 9.17) is 4.74 Å². The second-order valence-corrected chi connectivity index (χ2v) is 9.64. The molecule has 0 radical (unpaired) electrons. The van der Waals surface area contributed by atoms with Gasteiger partial charge in [0.25, 0.3) is 0 Å². The van der Waals surface area contributed by atoms with Gasteiger partial charge in [-0.3, -0.25) is 14.5 Å². The molecule has 1 fully saturated rings. The van der Waals surface area contributed by atoms with Gasteiger partial charge >= 0.3 is 0 Å². The molecule has 0 bridgehead atoms. The minimum atomic E-state index is -0.846. The minimum Gasteiger partial charge on any atom is -0.508 e. The van der Waals surface area contributed by atoms with Gasteiger partial charge in [-0.25, -0.2) is 0 Å². The quantitative estimate of drug-likeness (QED) is 0.308. The van der Waals surface area contributed by atoms with Gasteiger partial charge < -0.3 is 20.1 Å². The van der Waals surface area contributed by atoms with Crippen LogP contribution in [-0.2, 0) is 14.3 Å². The monoisotopic (exact) mass is 485 g/mol. The zero-order chi connectivity index (χ0) is 25.5. The predicted octanol–water partition coefficient (Wildman–Crippen LogP) is 3.68. The third-order valence-corrected chi connectivity index (χ3v) is 7.17. The van der Waals surface area contributed by atoms with Gasteiger partial charge in [0.1, 0.15) is 5.75 Å². The van der Waals surface area contributed by atoms with E-state index in [0.29, 0.717) is 37.8 Å². The second-order valence-electron chi connectivity index (χ2n) is 9.64. The van der Waals surface area contributed by atoms with Crippen molar-refractivity contribution < 1.29 is 29.6 Å². The fourth-order valence-corrected chi connectivity index (χ4v) is 5.65. The molecule has 0 unspecified atom stereocenters. The van der Waals surface area contributed by atoms with Gasteiger partial charge in [-0.15, -0.1) is 0 Å². The molecule has 2 aliphatic rings. The summed E-state index contributed by atoms with van der Waals surface area (Å²) in [4.78, 5) is 27.5. The molecule has 0 saturated carbocycles. The maximum atomic E-state index is 13.2.